The molecule has 0 spiro atoms. The summed E-state index contributed by atoms with van der Waals surface area (Å²) < 4.78 is 0.920. The van der Waals surface area contributed by atoms with E-state index in [1.165, 1.54) is 11.3 Å². The number of aryl methyl sites for hydroxylation is 1. The fraction of sp³-hybridized carbons (Fsp3) is 0.222. The Balaban J connectivity index is 2.78. The van der Waals surface area contributed by atoms with Gasteiger partial charge in [-0.05, 0) is 6.92 Å². The average Bonchev–Trinajstić information content (AvgIpc) is 2.56. The van der Waals surface area contributed by atoms with Crippen molar-refractivity contribution in [2.45, 2.75) is 13.5 Å². The van der Waals surface area contributed by atoms with Crippen LogP contribution in [0.15, 0.2) is 10.2 Å². The maximum absolute atomic E-state index is 11.9. The molecule has 3 N–H and O–H groups in total. The first kappa shape index (κ1) is 10.6. The van der Waals surface area contributed by atoms with E-state index >= 15 is 0 Å². The minimum atomic E-state index is -1.11. The van der Waals surface area contributed by atoms with Crippen molar-refractivity contribution in [1.82, 2.24) is 9.78 Å². The van der Waals surface area contributed by atoms with Crippen LogP contribution in [0.4, 0.5) is 5.00 Å². The molecule has 7 heteroatoms. The van der Waals surface area contributed by atoms with Gasteiger partial charge in [-0.15, -0.1) is 11.3 Å². The van der Waals surface area contributed by atoms with Gasteiger partial charge in [-0.1, -0.05) is 0 Å². The van der Waals surface area contributed by atoms with E-state index in [1.54, 1.807) is 12.3 Å². The number of nitrogen functional groups attached to an aromatic ring is 1. The van der Waals surface area contributed by atoms with E-state index in [0.29, 0.717) is 21.5 Å². The van der Waals surface area contributed by atoms with Gasteiger partial charge in [0, 0.05) is 10.8 Å². The molecule has 0 aliphatic carbocycles. The van der Waals surface area contributed by atoms with Crippen molar-refractivity contribution in [3.05, 3.63) is 21.4 Å². The van der Waals surface area contributed by atoms with E-state index in [-0.39, 0.29) is 0 Å². The minimum Gasteiger partial charge on any atom is -0.480 e. The highest BCUT2D eigenvalue weighted by Gasteiger charge is 2.13. The zero-order chi connectivity index (χ0) is 11.9. The molecule has 0 fully saturated rings. The summed E-state index contributed by atoms with van der Waals surface area (Å²) in [5, 5.41) is 15.8. The molecular formula is C9H9N3O3S. The number of rotatable bonds is 2. The van der Waals surface area contributed by atoms with Gasteiger partial charge >= 0.3 is 5.97 Å². The van der Waals surface area contributed by atoms with Crippen molar-refractivity contribution in [3.63, 3.8) is 0 Å². The van der Waals surface area contributed by atoms with Crippen LogP contribution in [0.5, 0.6) is 0 Å². The van der Waals surface area contributed by atoms with Gasteiger partial charge in [0.05, 0.1) is 16.1 Å². The van der Waals surface area contributed by atoms with Crippen molar-refractivity contribution in [3.8, 4) is 0 Å². The Morgan fingerprint density at radius 2 is 2.38 bits per heavy atom. The van der Waals surface area contributed by atoms with E-state index in [0.717, 1.165) is 4.68 Å². The van der Waals surface area contributed by atoms with Crippen molar-refractivity contribution in [2.24, 2.45) is 0 Å². The van der Waals surface area contributed by atoms with Crippen LogP contribution in [0, 0.1) is 6.92 Å². The second kappa shape index (κ2) is 3.60. The van der Waals surface area contributed by atoms with E-state index in [2.05, 4.69) is 5.10 Å². The molecule has 0 saturated heterocycles. The maximum atomic E-state index is 11.9. The monoisotopic (exact) mass is 239 g/mol. The highest BCUT2D eigenvalue weighted by atomic mass is 32.1. The maximum Gasteiger partial charge on any atom is 0.325 e. The highest BCUT2D eigenvalue weighted by molar-refractivity contribution is 7.15. The zero-order valence-corrected chi connectivity index (χ0v) is 9.24. The lowest BCUT2D eigenvalue weighted by Crippen LogP contribution is -2.27. The van der Waals surface area contributed by atoms with Gasteiger partial charge in [0.25, 0.3) is 5.56 Å². The van der Waals surface area contributed by atoms with Gasteiger partial charge in [-0.3, -0.25) is 9.59 Å². The molecule has 0 bridgehead atoms. The molecule has 0 saturated carbocycles. The lowest BCUT2D eigenvalue weighted by atomic mass is 10.2. The van der Waals surface area contributed by atoms with Gasteiger partial charge in [0.15, 0.2) is 0 Å². The van der Waals surface area contributed by atoms with Gasteiger partial charge in [-0.25, -0.2) is 4.68 Å². The molecule has 0 unspecified atom stereocenters. The Kier molecular flexibility index (Phi) is 2.39. The lowest BCUT2D eigenvalue weighted by Gasteiger charge is -2.03. The summed E-state index contributed by atoms with van der Waals surface area (Å²) in [4.78, 5) is 22.4. The van der Waals surface area contributed by atoms with Gasteiger partial charge < -0.3 is 10.8 Å². The second-order valence-corrected chi connectivity index (χ2v) is 4.24. The van der Waals surface area contributed by atoms with Gasteiger partial charge in [0.2, 0.25) is 0 Å². The number of anilines is 1. The normalized spacial score (nSPS) is 10.8. The van der Waals surface area contributed by atoms with Crippen LogP contribution in [0.2, 0.25) is 0 Å². The predicted molar refractivity (Wildman–Crippen MR) is 60.7 cm³/mol. The summed E-state index contributed by atoms with van der Waals surface area (Å²) in [5.41, 5.74) is 5.82. The number of aromatic nitrogens is 2. The van der Waals surface area contributed by atoms with Crippen LogP contribution in [0.25, 0.3) is 10.8 Å². The largest absolute Gasteiger partial charge is 0.480 e. The molecule has 0 radical (unpaired) electrons. The molecule has 0 atom stereocenters. The molecule has 2 rings (SSSR count). The SMILES string of the molecule is Cc1nn(CC(=O)O)c(=O)c2c(N)scc12. The van der Waals surface area contributed by atoms with E-state index < -0.39 is 18.1 Å². The van der Waals surface area contributed by atoms with Crippen molar-refractivity contribution >= 4 is 33.1 Å². The summed E-state index contributed by atoms with van der Waals surface area (Å²) in [6, 6.07) is 0. The number of fused-ring (bicyclic) bond motifs is 1. The Morgan fingerprint density at radius 1 is 1.69 bits per heavy atom. The number of thiophene rings is 1. The van der Waals surface area contributed by atoms with Crippen LogP contribution in [0.1, 0.15) is 5.69 Å². The average molecular weight is 239 g/mol. The summed E-state index contributed by atoms with van der Waals surface area (Å²) >= 11 is 1.25. The summed E-state index contributed by atoms with van der Waals surface area (Å²) in [6.07, 6.45) is 0. The molecule has 2 aromatic rings. The van der Waals surface area contributed by atoms with Crippen LogP contribution < -0.4 is 11.3 Å². The number of nitrogens with two attached hydrogens (primary N) is 1. The third kappa shape index (κ3) is 1.54. The number of carboxylic acids is 1. The number of carboxylic acid groups (broad SMARTS) is 1. The van der Waals surface area contributed by atoms with Crippen molar-refractivity contribution in [1.29, 1.82) is 0 Å². The van der Waals surface area contributed by atoms with Crippen LogP contribution in [-0.2, 0) is 11.3 Å². The number of hydrogen-bond acceptors (Lipinski definition) is 5. The molecule has 2 aromatic heterocycles. The molecule has 16 heavy (non-hydrogen) atoms. The molecular weight excluding hydrogens is 230 g/mol. The molecule has 0 aliphatic rings. The Hall–Kier alpha value is -1.89. The molecule has 2 heterocycles. The van der Waals surface area contributed by atoms with Crippen LogP contribution >= 0.6 is 11.3 Å². The molecule has 6 nitrogen and oxygen atoms in total. The Bertz CT molecular complexity index is 629. The zero-order valence-electron chi connectivity index (χ0n) is 8.43. The molecule has 0 amide bonds. The topological polar surface area (TPSA) is 98.2 Å². The summed E-state index contributed by atoms with van der Waals surface area (Å²) in [7, 11) is 0. The first-order valence-corrected chi connectivity index (χ1v) is 5.35. The van der Waals surface area contributed by atoms with E-state index in [4.69, 9.17) is 10.8 Å². The van der Waals surface area contributed by atoms with Crippen molar-refractivity contribution in [2.75, 3.05) is 5.73 Å². The first-order valence-electron chi connectivity index (χ1n) is 4.47. The quantitative estimate of drug-likeness (QED) is 0.792. The minimum absolute atomic E-state index is 0.360. The fourth-order valence-electron chi connectivity index (χ4n) is 1.50. The highest BCUT2D eigenvalue weighted by Crippen LogP contribution is 2.26. The third-order valence-electron chi connectivity index (χ3n) is 2.21. The summed E-state index contributed by atoms with van der Waals surface area (Å²) in [6.45, 7) is 1.26. The number of hydrogen-bond donors (Lipinski definition) is 2. The standard InChI is InChI=1S/C9H9N3O3S/c1-4-5-3-16-8(10)7(5)9(15)12(11-4)2-6(13)14/h3H,2,10H2,1H3,(H,13,14). The third-order valence-corrected chi connectivity index (χ3v) is 3.02. The van der Waals surface area contributed by atoms with Crippen molar-refractivity contribution < 1.29 is 9.90 Å². The lowest BCUT2D eigenvalue weighted by molar-refractivity contribution is -0.137. The fourth-order valence-corrected chi connectivity index (χ4v) is 2.35. The molecule has 0 aromatic carbocycles. The Labute approximate surface area is 93.9 Å². The molecule has 0 aliphatic heterocycles. The van der Waals surface area contributed by atoms with Crippen LogP contribution in [0.3, 0.4) is 0 Å². The molecule has 84 valence electrons. The number of aliphatic carboxylic acids is 1. The number of nitrogens with zero attached hydrogens (tertiary/aromatic N) is 2. The predicted octanol–water partition coefficient (Wildman–Crippen LogP) is 0.433. The summed E-state index contributed by atoms with van der Waals surface area (Å²) in [5.74, 6) is -1.11. The second-order valence-electron chi connectivity index (χ2n) is 3.33. The van der Waals surface area contributed by atoms with Crippen LogP contribution in [-0.4, -0.2) is 20.9 Å². The van der Waals surface area contributed by atoms with Gasteiger partial charge in [-0.2, -0.15) is 5.10 Å². The van der Waals surface area contributed by atoms with E-state index in [9.17, 15) is 9.59 Å². The first-order chi connectivity index (χ1) is 7.50. The smallest absolute Gasteiger partial charge is 0.325 e. The van der Waals surface area contributed by atoms with Gasteiger partial charge in [0.1, 0.15) is 6.54 Å². The van der Waals surface area contributed by atoms with E-state index in [1.807, 2.05) is 0 Å². The Morgan fingerprint density at radius 3 is 3.00 bits per heavy atom. The number of carbonyl (C=O) groups is 1.